The monoisotopic (exact) mass is 510 g/mol. The molecule has 1 saturated heterocycles. The molecule has 0 aliphatic carbocycles. The van der Waals surface area contributed by atoms with Crippen molar-refractivity contribution < 1.29 is 24.6 Å². The van der Waals surface area contributed by atoms with Crippen molar-refractivity contribution in [2.24, 2.45) is 0 Å². The molecule has 2 rings (SSSR count). The van der Waals surface area contributed by atoms with Crippen LogP contribution in [0.3, 0.4) is 0 Å². The minimum atomic E-state index is -0.281. The van der Waals surface area contributed by atoms with E-state index in [1.54, 1.807) is 0 Å². The molecule has 0 saturated carbocycles. The molecular formula is C15H24N7OOs. The Kier molecular flexibility index (Phi) is 6.55. The molecule has 2 heterocycles. The van der Waals surface area contributed by atoms with E-state index in [2.05, 4.69) is 15.3 Å². The summed E-state index contributed by atoms with van der Waals surface area (Å²) in [6.45, 7) is 7.02. The summed E-state index contributed by atoms with van der Waals surface area (Å²) in [7, 11) is 0. The van der Waals surface area contributed by atoms with Gasteiger partial charge in [0.05, 0.1) is 11.5 Å². The van der Waals surface area contributed by atoms with Crippen LogP contribution in [-0.4, -0.2) is 40.7 Å². The second-order valence-electron chi connectivity index (χ2n) is 6.68. The van der Waals surface area contributed by atoms with E-state index in [1.165, 1.54) is 0 Å². The molecule has 0 aromatic carbocycles. The third-order valence-corrected chi connectivity index (χ3v) is 3.51. The van der Waals surface area contributed by atoms with E-state index in [9.17, 15) is 4.79 Å². The van der Waals surface area contributed by atoms with Crippen molar-refractivity contribution in [3.63, 3.8) is 0 Å². The van der Waals surface area contributed by atoms with Crippen LogP contribution in [0.2, 0.25) is 0 Å². The number of rotatable bonds is 3. The summed E-state index contributed by atoms with van der Waals surface area (Å²) in [5.74, 6) is 1.49. The zero-order valence-electron chi connectivity index (χ0n) is 14.2. The number of carbonyl (C=O) groups excluding carboxylic acids is 1. The van der Waals surface area contributed by atoms with Gasteiger partial charge in [0.1, 0.15) is 11.6 Å². The van der Waals surface area contributed by atoms with Gasteiger partial charge in [0.2, 0.25) is 5.95 Å². The van der Waals surface area contributed by atoms with Gasteiger partial charge in [0.25, 0.3) is 0 Å². The van der Waals surface area contributed by atoms with Gasteiger partial charge in [-0.05, 0) is 20.8 Å². The average Bonchev–Trinajstić information content (AvgIpc) is 2.45. The molecule has 1 fully saturated rings. The fourth-order valence-electron chi connectivity index (χ4n) is 2.54. The molecule has 24 heavy (non-hydrogen) atoms. The zero-order chi connectivity index (χ0) is 17.2. The van der Waals surface area contributed by atoms with Crippen molar-refractivity contribution in [3.05, 3.63) is 11.5 Å². The van der Waals surface area contributed by atoms with Crippen molar-refractivity contribution in [1.82, 2.24) is 15.3 Å². The maximum Gasteiger partial charge on any atom is 1.00 e. The minimum Gasteiger partial charge on any atom is -0.383 e. The van der Waals surface area contributed by atoms with Gasteiger partial charge in [-0.15, -0.1) is 0 Å². The molecule has 0 unspecified atom stereocenters. The molecule has 1 aliphatic rings. The van der Waals surface area contributed by atoms with Gasteiger partial charge in [-0.2, -0.15) is 16.4 Å². The summed E-state index contributed by atoms with van der Waals surface area (Å²) in [6, 6.07) is 0. The molecule has 0 bridgehead atoms. The second kappa shape index (κ2) is 7.80. The number of nitrogen functional groups attached to an aromatic ring is 2. The topological polar surface area (TPSA) is 134 Å². The quantitative estimate of drug-likeness (QED) is 0.351. The minimum absolute atomic E-state index is 0. The molecule has 1 amide bonds. The van der Waals surface area contributed by atoms with Gasteiger partial charge in [-0.3, -0.25) is 5.92 Å². The first-order valence-electron chi connectivity index (χ1n) is 7.57. The summed E-state index contributed by atoms with van der Waals surface area (Å²) in [5.41, 5.74) is 11.6. The number of hydrogen-bond acceptors (Lipinski definition) is 7. The SMILES string of the molecule is CC(C)(C)NC(=O)[C-]1CCCN(c2nc(N)nc(N)c2C=N)C1.[Os+]. The van der Waals surface area contributed by atoms with Gasteiger partial charge in [0, 0.05) is 18.3 Å². The van der Waals surface area contributed by atoms with Crippen LogP contribution in [0.25, 0.3) is 0 Å². The third-order valence-electron chi connectivity index (χ3n) is 3.51. The van der Waals surface area contributed by atoms with Crippen LogP contribution in [0.4, 0.5) is 17.6 Å². The van der Waals surface area contributed by atoms with Gasteiger partial charge in [-0.1, -0.05) is 13.0 Å². The average molecular weight is 509 g/mol. The van der Waals surface area contributed by atoms with Gasteiger partial charge >= 0.3 is 19.8 Å². The number of nitrogens with one attached hydrogen (secondary N) is 2. The predicted octanol–water partition coefficient (Wildman–Crippen LogP) is 0.726. The number of carbonyl (C=O) groups is 1. The van der Waals surface area contributed by atoms with E-state index in [0.29, 0.717) is 17.9 Å². The largest absolute Gasteiger partial charge is 1.00 e. The van der Waals surface area contributed by atoms with E-state index in [-0.39, 0.29) is 43.0 Å². The summed E-state index contributed by atoms with van der Waals surface area (Å²) in [4.78, 5) is 22.4. The molecule has 9 heteroatoms. The number of nitrogens with two attached hydrogens (primary N) is 2. The molecular weight excluding hydrogens is 484 g/mol. The smallest absolute Gasteiger partial charge is 0.383 e. The van der Waals surface area contributed by atoms with Crippen LogP contribution in [0.5, 0.6) is 0 Å². The Labute approximate surface area is 155 Å². The van der Waals surface area contributed by atoms with E-state index >= 15 is 0 Å². The molecule has 6 N–H and O–H groups in total. The molecule has 8 nitrogen and oxygen atoms in total. The van der Waals surface area contributed by atoms with Crippen LogP contribution in [0.1, 0.15) is 39.2 Å². The standard InChI is InChI=1S/C15H24N7O.Os/c1-15(2,3)21-13(23)9-5-4-6-22(8-9)12-10(7-16)11(17)19-14(18)20-12;/h7,16H,4-6,8H2,1-3H3,(H,21,23)(H4,17,18,19,20);/q-1;+1. The molecule has 133 valence electrons. The van der Waals surface area contributed by atoms with Crippen molar-refractivity contribution in [1.29, 1.82) is 5.41 Å². The first kappa shape index (κ1) is 20.2. The van der Waals surface area contributed by atoms with Crippen LogP contribution >= 0.6 is 0 Å². The fraction of sp³-hybridized carbons (Fsp3) is 0.533. The van der Waals surface area contributed by atoms with E-state index in [1.807, 2.05) is 25.7 Å². The number of hydrogen-bond donors (Lipinski definition) is 4. The second-order valence-corrected chi connectivity index (χ2v) is 6.68. The molecule has 1 aliphatic heterocycles. The summed E-state index contributed by atoms with van der Waals surface area (Å²) >= 11 is 0. The Morgan fingerprint density at radius 1 is 1.38 bits per heavy atom. The number of nitrogens with zero attached hydrogens (tertiary/aromatic N) is 3. The summed E-state index contributed by atoms with van der Waals surface area (Å²) < 4.78 is 0. The Balaban J connectivity index is 0.00000288. The number of anilines is 3. The van der Waals surface area contributed by atoms with Gasteiger partial charge in [-0.25, -0.2) is 0 Å². The Morgan fingerprint density at radius 3 is 2.62 bits per heavy atom. The van der Waals surface area contributed by atoms with Crippen LogP contribution in [0.15, 0.2) is 0 Å². The Hall–Kier alpha value is -1.87. The van der Waals surface area contributed by atoms with Crippen LogP contribution in [-0.2, 0) is 24.6 Å². The van der Waals surface area contributed by atoms with Crippen LogP contribution in [0, 0.1) is 11.3 Å². The first-order valence-corrected chi connectivity index (χ1v) is 7.57. The maximum atomic E-state index is 12.4. The zero-order valence-corrected chi connectivity index (χ0v) is 16.7. The van der Waals surface area contributed by atoms with Crippen molar-refractivity contribution in [3.8, 4) is 0 Å². The van der Waals surface area contributed by atoms with Crippen molar-refractivity contribution in [2.75, 3.05) is 29.5 Å². The fourth-order valence-corrected chi connectivity index (χ4v) is 2.54. The molecule has 1 aromatic heterocycles. The first-order chi connectivity index (χ1) is 10.7. The maximum absolute atomic E-state index is 12.4. The van der Waals surface area contributed by atoms with Crippen molar-refractivity contribution in [2.45, 2.75) is 39.2 Å². The van der Waals surface area contributed by atoms with E-state index in [0.717, 1.165) is 31.5 Å². The molecule has 0 spiro atoms. The summed E-state index contributed by atoms with van der Waals surface area (Å²) in [5, 5.41) is 10.5. The number of piperidine rings is 1. The molecule has 1 radical (unpaired) electrons. The van der Waals surface area contributed by atoms with Gasteiger partial charge < -0.3 is 31.9 Å². The summed E-state index contributed by atoms with van der Waals surface area (Å²) in [6.07, 6.45) is 2.69. The van der Waals surface area contributed by atoms with Crippen LogP contribution < -0.4 is 21.7 Å². The van der Waals surface area contributed by atoms with Crippen molar-refractivity contribution >= 4 is 29.7 Å². The number of aromatic nitrogens is 2. The third kappa shape index (κ3) is 4.81. The Morgan fingerprint density at radius 2 is 2.04 bits per heavy atom. The molecule has 1 aromatic rings. The normalized spacial score (nSPS) is 14.8. The predicted molar refractivity (Wildman–Crippen MR) is 91.3 cm³/mol. The Bertz CT molecular complexity index is 615. The van der Waals surface area contributed by atoms with E-state index in [4.69, 9.17) is 16.9 Å². The van der Waals surface area contributed by atoms with Gasteiger partial charge in [0.15, 0.2) is 0 Å². The number of amides is 1. The van der Waals surface area contributed by atoms with E-state index < -0.39 is 0 Å². The molecule has 0 atom stereocenters.